The van der Waals surface area contributed by atoms with Gasteiger partial charge in [0.1, 0.15) is 29.8 Å². The second-order valence-corrected chi connectivity index (χ2v) is 6.48. The Morgan fingerprint density at radius 3 is 2.50 bits per heavy atom. The van der Waals surface area contributed by atoms with Crippen molar-refractivity contribution in [2.24, 2.45) is 0 Å². The van der Waals surface area contributed by atoms with Crippen LogP contribution in [0.4, 0.5) is 8.78 Å². The zero-order chi connectivity index (χ0) is 20.3. The van der Waals surface area contributed by atoms with Crippen LogP contribution in [-0.2, 0) is 6.61 Å². The number of carbonyl (C=O) groups is 1. The van der Waals surface area contributed by atoms with Gasteiger partial charge in [-0.25, -0.2) is 8.78 Å². The summed E-state index contributed by atoms with van der Waals surface area (Å²) in [6.07, 6.45) is 0. The van der Waals surface area contributed by atoms with Crippen molar-refractivity contribution in [2.45, 2.75) is 33.4 Å². The van der Waals surface area contributed by atoms with Crippen molar-refractivity contribution in [1.29, 1.82) is 0 Å². The first-order valence-corrected chi connectivity index (χ1v) is 8.75. The molecule has 1 amide bonds. The number of ether oxygens (including phenoxy) is 1. The molecule has 2 aromatic carbocycles. The molecule has 0 radical (unpaired) electrons. The quantitative estimate of drug-likeness (QED) is 0.670. The van der Waals surface area contributed by atoms with Crippen LogP contribution >= 0.6 is 0 Å². The third-order valence-corrected chi connectivity index (χ3v) is 4.46. The number of nitrogens with zero attached hydrogens (tertiary/aromatic N) is 1. The number of benzene rings is 2. The highest BCUT2D eigenvalue weighted by atomic mass is 19.1. The van der Waals surface area contributed by atoms with Crippen molar-refractivity contribution < 1.29 is 22.8 Å². The fourth-order valence-electron chi connectivity index (χ4n) is 2.78. The molecule has 7 heteroatoms. The van der Waals surface area contributed by atoms with Gasteiger partial charge in [0.15, 0.2) is 0 Å². The van der Waals surface area contributed by atoms with Gasteiger partial charge >= 0.3 is 0 Å². The molecule has 0 aliphatic rings. The van der Waals surface area contributed by atoms with Gasteiger partial charge in [-0.2, -0.15) is 0 Å². The Hall–Kier alpha value is -3.22. The largest absolute Gasteiger partial charge is 0.489 e. The molecule has 5 nitrogen and oxygen atoms in total. The molecular formula is C21H20F2N2O3. The molecule has 1 N–H and O–H groups in total. The predicted molar refractivity (Wildman–Crippen MR) is 99.0 cm³/mol. The van der Waals surface area contributed by atoms with Crippen LogP contribution in [-0.4, -0.2) is 11.1 Å². The first-order valence-electron chi connectivity index (χ1n) is 8.75. The molecule has 0 saturated carbocycles. The van der Waals surface area contributed by atoms with Crippen LogP contribution in [0, 0.1) is 25.5 Å². The van der Waals surface area contributed by atoms with E-state index in [0.29, 0.717) is 23.7 Å². The topological polar surface area (TPSA) is 64.4 Å². The summed E-state index contributed by atoms with van der Waals surface area (Å²) < 4.78 is 37.7. The molecule has 28 heavy (non-hydrogen) atoms. The number of hydrogen-bond acceptors (Lipinski definition) is 4. The van der Waals surface area contributed by atoms with Crippen molar-refractivity contribution in [1.82, 2.24) is 10.5 Å². The van der Waals surface area contributed by atoms with Crippen molar-refractivity contribution in [2.75, 3.05) is 0 Å². The zero-order valence-electron chi connectivity index (χ0n) is 15.8. The summed E-state index contributed by atoms with van der Waals surface area (Å²) in [5, 5.41) is 6.57. The number of aryl methyl sites for hydroxylation is 2. The second-order valence-electron chi connectivity index (χ2n) is 6.48. The zero-order valence-corrected chi connectivity index (χ0v) is 15.8. The lowest BCUT2D eigenvalue weighted by Crippen LogP contribution is -2.27. The van der Waals surface area contributed by atoms with Crippen molar-refractivity contribution in [3.63, 3.8) is 0 Å². The van der Waals surface area contributed by atoms with Crippen molar-refractivity contribution >= 4 is 5.91 Å². The van der Waals surface area contributed by atoms with Crippen LogP contribution in [0.5, 0.6) is 5.75 Å². The highest BCUT2D eigenvalue weighted by molar-refractivity contribution is 5.94. The highest BCUT2D eigenvalue weighted by Crippen LogP contribution is 2.20. The van der Waals surface area contributed by atoms with E-state index in [4.69, 9.17) is 9.26 Å². The minimum absolute atomic E-state index is 0.217. The molecule has 0 aliphatic heterocycles. The molecular weight excluding hydrogens is 366 g/mol. The maximum Gasteiger partial charge on any atom is 0.251 e. The molecule has 0 spiro atoms. The van der Waals surface area contributed by atoms with Crippen LogP contribution in [0.2, 0.25) is 0 Å². The van der Waals surface area contributed by atoms with Crippen LogP contribution in [0.25, 0.3) is 0 Å². The number of aromatic nitrogens is 1. The standard InChI is InChI=1S/C21H20F2N2O3/c1-12(18-9-6-16(22)10-20(18)23)24-21(26)15-4-7-17(8-5-15)27-11-19-13(2)25-28-14(19)3/h4-10,12H,11H2,1-3H3,(H,24,26). The number of rotatable bonds is 6. The Kier molecular flexibility index (Phi) is 5.73. The maximum atomic E-state index is 13.8. The van der Waals surface area contributed by atoms with E-state index < -0.39 is 17.7 Å². The Labute approximate surface area is 161 Å². The number of amides is 1. The van der Waals surface area contributed by atoms with Crippen molar-refractivity contribution in [3.8, 4) is 5.75 Å². The Bertz CT molecular complexity index is 964. The van der Waals surface area contributed by atoms with E-state index in [9.17, 15) is 13.6 Å². The molecule has 1 atom stereocenters. The van der Waals surface area contributed by atoms with Crippen LogP contribution in [0.15, 0.2) is 47.0 Å². The lowest BCUT2D eigenvalue weighted by molar-refractivity contribution is 0.0939. The Morgan fingerprint density at radius 2 is 1.89 bits per heavy atom. The summed E-state index contributed by atoms with van der Waals surface area (Å²) in [7, 11) is 0. The molecule has 1 aromatic heterocycles. The van der Waals surface area contributed by atoms with E-state index in [0.717, 1.165) is 23.4 Å². The molecule has 1 unspecified atom stereocenters. The summed E-state index contributed by atoms with van der Waals surface area (Å²) in [5.74, 6) is -0.430. The molecule has 146 valence electrons. The van der Waals surface area contributed by atoms with Gasteiger partial charge in [-0.15, -0.1) is 0 Å². The SMILES string of the molecule is Cc1noc(C)c1COc1ccc(C(=O)NC(C)c2ccc(F)cc2F)cc1. The number of halogens is 2. The summed E-state index contributed by atoms with van der Waals surface area (Å²) in [6.45, 7) is 5.61. The molecule has 3 aromatic rings. The molecule has 0 fully saturated rings. The van der Waals surface area contributed by atoms with Crippen molar-refractivity contribution in [3.05, 3.63) is 82.2 Å². The third-order valence-electron chi connectivity index (χ3n) is 4.46. The average molecular weight is 386 g/mol. The van der Waals surface area contributed by atoms with Gasteiger partial charge in [0.25, 0.3) is 5.91 Å². The van der Waals surface area contributed by atoms with Gasteiger partial charge in [-0.3, -0.25) is 4.79 Å². The normalized spacial score (nSPS) is 11.9. The summed E-state index contributed by atoms with van der Waals surface area (Å²) in [5.41, 5.74) is 2.28. The van der Waals surface area contributed by atoms with Gasteiger partial charge in [0.05, 0.1) is 17.3 Å². The highest BCUT2D eigenvalue weighted by Gasteiger charge is 2.16. The maximum absolute atomic E-state index is 13.8. The third kappa shape index (κ3) is 4.36. The smallest absolute Gasteiger partial charge is 0.251 e. The van der Waals surface area contributed by atoms with E-state index in [1.807, 2.05) is 13.8 Å². The van der Waals surface area contributed by atoms with E-state index in [1.54, 1.807) is 31.2 Å². The summed E-state index contributed by atoms with van der Waals surface area (Å²) >= 11 is 0. The van der Waals surface area contributed by atoms with Gasteiger partial charge in [-0.1, -0.05) is 11.2 Å². The Balaban J connectivity index is 1.61. The summed E-state index contributed by atoms with van der Waals surface area (Å²) in [4.78, 5) is 12.4. The molecule has 0 saturated heterocycles. The van der Waals surface area contributed by atoms with E-state index in [1.165, 1.54) is 6.07 Å². The molecule has 3 rings (SSSR count). The molecule has 0 bridgehead atoms. The van der Waals surface area contributed by atoms with Crippen LogP contribution in [0.3, 0.4) is 0 Å². The fourth-order valence-corrected chi connectivity index (χ4v) is 2.78. The number of hydrogen-bond donors (Lipinski definition) is 1. The van der Waals surface area contributed by atoms with E-state index >= 15 is 0 Å². The molecule has 0 aliphatic carbocycles. The fraction of sp³-hybridized carbons (Fsp3) is 0.238. The van der Waals surface area contributed by atoms with Crippen LogP contribution < -0.4 is 10.1 Å². The lowest BCUT2D eigenvalue weighted by atomic mass is 10.1. The number of carbonyl (C=O) groups excluding carboxylic acids is 1. The Morgan fingerprint density at radius 1 is 1.18 bits per heavy atom. The van der Waals surface area contributed by atoms with Gasteiger partial charge in [0, 0.05) is 17.2 Å². The van der Waals surface area contributed by atoms with E-state index in [2.05, 4.69) is 10.5 Å². The van der Waals surface area contributed by atoms with Gasteiger partial charge in [-0.05, 0) is 51.1 Å². The first-order chi connectivity index (χ1) is 13.3. The summed E-state index contributed by atoms with van der Waals surface area (Å²) in [6, 6.07) is 9.25. The predicted octanol–water partition coefficient (Wildman–Crippen LogP) is 4.64. The van der Waals surface area contributed by atoms with Gasteiger partial charge in [0.2, 0.25) is 0 Å². The number of nitrogens with one attached hydrogen (secondary N) is 1. The van der Waals surface area contributed by atoms with Crippen LogP contribution in [0.1, 0.15) is 45.9 Å². The van der Waals surface area contributed by atoms with E-state index in [-0.39, 0.29) is 11.5 Å². The first kappa shape index (κ1) is 19.5. The monoisotopic (exact) mass is 386 g/mol. The van der Waals surface area contributed by atoms with Gasteiger partial charge < -0.3 is 14.6 Å². The minimum atomic E-state index is -0.698. The minimum Gasteiger partial charge on any atom is -0.489 e. The molecule has 1 heterocycles. The average Bonchev–Trinajstić information content (AvgIpc) is 2.98. The lowest BCUT2D eigenvalue weighted by Gasteiger charge is -2.15. The second kappa shape index (κ2) is 8.21.